The normalized spacial score (nSPS) is 11.6. The molecule has 2 amide bonds. The van der Waals surface area contributed by atoms with E-state index < -0.39 is 11.9 Å². The molecule has 6 nitrogen and oxygen atoms in total. The standard InChI is InChI=1S/C23H22ClFN4O2/c1-29(22(30)12-17-6-7-18(25)13-20(17)24)14-21(26)15-2-4-16(5-3-15)23(31)28-19-8-10-27-11-9-19/h2-11,13,21H,12,14,26H2,1H3,(H,27,28,31). The zero-order valence-electron chi connectivity index (χ0n) is 16.9. The van der Waals surface area contributed by atoms with Crippen LogP contribution in [0, 0.1) is 5.82 Å². The first-order valence-corrected chi connectivity index (χ1v) is 9.96. The molecule has 1 aromatic heterocycles. The van der Waals surface area contributed by atoms with Crippen LogP contribution in [-0.4, -0.2) is 35.3 Å². The van der Waals surface area contributed by atoms with Gasteiger partial charge in [-0.15, -0.1) is 0 Å². The minimum absolute atomic E-state index is 0.0520. The van der Waals surface area contributed by atoms with Gasteiger partial charge in [0.15, 0.2) is 0 Å². The average Bonchev–Trinajstić information content (AvgIpc) is 2.76. The van der Waals surface area contributed by atoms with Crippen molar-refractivity contribution < 1.29 is 14.0 Å². The van der Waals surface area contributed by atoms with Gasteiger partial charge in [-0.2, -0.15) is 0 Å². The number of pyridine rings is 1. The van der Waals surface area contributed by atoms with Crippen LogP contribution >= 0.6 is 11.6 Å². The lowest BCUT2D eigenvalue weighted by molar-refractivity contribution is -0.129. The summed E-state index contributed by atoms with van der Waals surface area (Å²) in [6.07, 6.45) is 3.25. The van der Waals surface area contributed by atoms with E-state index in [2.05, 4.69) is 10.3 Å². The maximum atomic E-state index is 13.2. The third-order valence-corrected chi connectivity index (χ3v) is 5.14. The number of rotatable bonds is 7. The van der Waals surface area contributed by atoms with Crippen LogP contribution in [0.1, 0.15) is 27.5 Å². The van der Waals surface area contributed by atoms with E-state index in [9.17, 15) is 14.0 Å². The van der Waals surface area contributed by atoms with Gasteiger partial charge in [0.05, 0.1) is 6.42 Å². The van der Waals surface area contributed by atoms with Crippen molar-refractivity contribution in [3.05, 3.63) is 94.5 Å². The second-order valence-corrected chi connectivity index (χ2v) is 7.51. The molecule has 0 saturated carbocycles. The molecular weight excluding hydrogens is 419 g/mol. The molecule has 3 rings (SSSR count). The van der Waals surface area contributed by atoms with Gasteiger partial charge in [0.2, 0.25) is 5.91 Å². The predicted molar refractivity (Wildman–Crippen MR) is 118 cm³/mol. The number of carbonyl (C=O) groups is 2. The Morgan fingerprint density at radius 1 is 1.13 bits per heavy atom. The summed E-state index contributed by atoms with van der Waals surface area (Å²) in [5.41, 5.74) is 8.74. The van der Waals surface area contributed by atoms with E-state index in [1.807, 2.05) is 0 Å². The molecule has 8 heteroatoms. The molecule has 0 bridgehead atoms. The Hall–Kier alpha value is -3.29. The van der Waals surface area contributed by atoms with Crippen molar-refractivity contribution in [1.29, 1.82) is 0 Å². The van der Waals surface area contributed by atoms with Crippen molar-refractivity contribution in [3.63, 3.8) is 0 Å². The molecule has 1 atom stereocenters. The molecule has 1 heterocycles. The smallest absolute Gasteiger partial charge is 0.255 e. The van der Waals surface area contributed by atoms with Crippen molar-refractivity contribution in [2.24, 2.45) is 5.73 Å². The van der Waals surface area contributed by atoms with Crippen molar-refractivity contribution in [2.75, 3.05) is 18.9 Å². The SMILES string of the molecule is CN(CC(N)c1ccc(C(=O)Nc2ccncc2)cc1)C(=O)Cc1ccc(F)cc1Cl. The number of benzene rings is 2. The highest BCUT2D eigenvalue weighted by Crippen LogP contribution is 2.19. The van der Waals surface area contributed by atoms with Gasteiger partial charge >= 0.3 is 0 Å². The van der Waals surface area contributed by atoms with Gasteiger partial charge in [-0.3, -0.25) is 14.6 Å². The van der Waals surface area contributed by atoms with Gasteiger partial charge in [-0.1, -0.05) is 29.8 Å². The Kier molecular flexibility index (Phi) is 7.33. The minimum atomic E-state index is -0.450. The molecule has 3 aromatic rings. The molecule has 0 saturated heterocycles. The number of hydrogen-bond acceptors (Lipinski definition) is 4. The molecule has 1 unspecified atom stereocenters. The van der Waals surface area contributed by atoms with Crippen molar-refractivity contribution in [1.82, 2.24) is 9.88 Å². The summed E-state index contributed by atoms with van der Waals surface area (Å²) < 4.78 is 13.2. The van der Waals surface area contributed by atoms with Crippen LogP contribution in [0.3, 0.4) is 0 Å². The summed E-state index contributed by atoms with van der Waals surface area (Å²) in [4.78, 5) is 30.2. The lowest BCUT2D eigenvalue weighted by Gasteiger charge is -2.22. The highest BCUT2D eigenvalue weighted by Gasteiger charge is 2.17. The van der Waals surface area contributed by atoms with Crippen LogP contribution in [0.15, 0.2) is 67.0 Å². The monoisotopic (exact) mass is 440 g/mol. The minimum Gasteiger partial charge on any atom is -0.344 e. The number of anilines is 1. The fourth-order valence-electron chi connectivity index (χ4n) is 2.99. The van der Waals surface area contributed by atoms with E-state index in [0.29, 0.717) is 16.8 Å². The van der Waals surface area contributed by atoms with E-state index in [0.717, 1.165) is 5.56 Å². The highest BCUT2D eigenvalue weighted by atomic mass is 35.5. The molecule has 0 aliphatic carbocycles. The van der Waals surface area contributed by atoms with Crippen LogP contribution in [-0.2, 0) is 11.2 Å². The molecule has 160 valence electrons. The summed E-state index contributed by atoms with van der Waals surface area (Å²) >= 11 is 6.00. The summed E-state index contributed by atoms with van der Waals surface area (Å²) in [6, 6.07) is 13.8. The first kappa shape index (κ1) is 22.4. The number of nitrogens with two attached hydrogens (primary N) is 1. The van der Waals surface area contributed by atoms with Crippen molar-refractivity contribution in [2.45, 2.75) is 12.5 Å². The van der Waals surface area contributed by atoms with Crippen LogP contribution in [0.5, 0.6) is 0 Å². The number of amides is 2. The Bertz CT molecular complexity index is 1060. The molecule has 0 fully saturated rings. The maximum absolute atomic E-state index is 13.2. The van der Waals surface area contributed by atoms with E-state index in [-0.39, 0.29) is 29.8 Å². The number of carbonyl (C=O) groups excluding carboxylic acids is 2. The van der Waals surface area contributed by atoms with Gasteiger partial charge in [-0.25, -0.2) is 4.39 Å². The van der Waals surface area contributed by atoms with E-state index >= 15 is 0 Å². The van der Waals surface area contributed by atoms with E-state index in [4.69, 9.17) is 17.3 Å². The highest BCUT2D eigenvalue weighted by molar-refractivity contribution is 6.31. The van der Waals surface area contributed by atoms with Crippen LogP contribution in [0.4, 0.5) is 10.1 Å². The van der Waals surface area contributed by atoms with Gasteiger partial charge in [-0.05, 0) is 47.5 Å². The van der Waals surface area contributed by atoms with Crippen LogP contribution in [0.25, 0.3) is 0 Å². The second kappa shape index (κ2) is 10.1. The number of halogens is 2. The number of hydrogen-bond donors (Lipinski definition) is 2. The Morgan fingerprint density at radius 2 is 1.81 bits per heavy atom. The van der Waals surface area contributed by atoms with Gasteiger partial charge < -0.3 is 16.0 Å². The lowest BCUT2D eigenvalue weighted by Crippen LogP contribution is -2.35. The first-order chi connectivity index (χ1) is 14.8. The zero-order chi connectivity index (χ0) is 22.4. The van der Waals surface area contributed by atoms with Crippen LogP contribution in [0.2, 0.25) is 5.02 Å². The molecule has 0 aliphatic heterocycles. The Balaban J connectivity index is 1.57. The molecule has 0 spiro atoms. The van der Waals surface area contributed by atoms with Crippen molar-refractivity contribution >= 4 is 29.1 Å². The summed E-state index contributed by atoms with van der Waals surface area (Å²) in [6.45, 7) is 0.278. The maximum Gasteiger partial charge on any atom is 0.255 e. The summed E-state index contributed by atoms with van der Waals surface area (Å²) in [5.74, 6) is -0.874. The lowest BCUT2D eigenvalue weighted by atomic mass is 10.0. The number of nitrogens with zero attached hydrogens (tertiary/aromatic N) is 2. The molecular formula is C23H22ClFN4O2. The largest absolute Gasteiger partial charge is 0.344 e. The number of likely N-dealkylation sites (N-methyl/N-ethyl adjacent to an activating group) is 1. The first-order valence-electron chi connectivity index (χ1n) is 9.58. The number of nitrogens with one attached hydrogen (secondary N) is 1. The molecule has 31 heavy (non-hydrogen) atoms. The zero-order valence-corrected chi connectivity index (χ0v) is 17.6. The van der Waals surface area contributed by atoms with Crippen LogP contribution < -0.4 is 11.1 Å². The predicted octanol–water partition coefficient (Wildman–Crippen LogP) is 3.83. The second-order valence-electron chi connectivity index (χ2n) is 7.11. The fourth-order valence-corrected chi connectivity index (χ4v) is 3.22. The van der Waals surface area contributed by atoms with E-state index in [1.54, 1.807) is 55.8 Å². The molecule has 0 aliphatic rings. The fraction of sp³-hybridized carbons (Fsp3) is 0.174. The third-order valence-electron chi connectivity index (χ3n) is 4.79. The van der Waals surface area contributed by atoms with Crippen molar-refractivity contribution in [3.8, 4) is 0 Å². The van der Waals surface area contributed by atoms with Gasteiger partial charge in [0, 0.05) is 48.3 Å². The molecule has 2 aromatic carbocycles. The third kappa shape index (κ3) is 6.10. The van der Waals surface area contributed by atoms with Gasteiger partial charge in [0.25, 0.3) is 5.91 Å². The summed E-state index contributed by atoms with van der Waals surface area (Å²) in [7, 11) is 1.65. The van der Waals surface area contributed by atoms with E-state index in [1.165, 1.54) is 23.1 Å². The molecule has 0 radical (unpaired) electrons. The summed E-state index contributed by atoms with van der Waals surface area (Å²) in [5, 5.41) is 3.00. The topological polar surface area (TPSA) is 88.3 Å². The number of aromatic nitrogens is 1. The Labute approximate surface area is 184 Å². The molecule has 3 N–H and O–H groups in total. The quantitative estimate of drug-likeness (QED) is 0.584. The van der Waals surface area contributed by atoms with Gasteiger partial charge in [0.1, 0.15) is 5.82 Å². The average molecular weight is 441 g/mol. The Morgan fingerprint density at radius 3 is 2.45 bits per heavy atom.